The summed E-state index contributed by atoms with van der Waals surface area (Å²) < 4.78 is 26.0. The molecule has 0 aliphatic heterocycles. The molecular formula is C16H16F2N2O. The molecular weight excluding hydrogens is 274 g/mol. The van der Waals surface area contributed by atoms with Crippen LogP contribution < -0.4 is 10.6 Å². The first-order valence-electron chi connectivity index (χ1n) is 6.65. The van der Waals surface area contributed by atoms with E-state index in [1.807, 2.05) is 0 Å². The molecule has 0 saturated carbocycles. The maximum absolute atomic E-state index is 13.3. The summed E-state index contributed by atoms with van der Waals surface area (Å²) in [7, 11) is 0. The average Bonchev–Trinajstić information content (AvgIpc) is 2.48. The number of hydrogen-bond acceptors (Lipinski definition) is 2. The Labute approximate surface area is 122 Å². The lowest BCUT2D eigenvalue weighted by atomic mass is 10.2. The van der Waals surface area contributed by atoms with E-state index in [1.165, 1.54) is 24.3 Å². The Hall–Kier alpha value is -2.27. The molecule has 2 N–H and O–H groups in total. The third kappa shape index (κ3) is 4.96. The summed E-state index contributed by atoms with van der Waals surface area (Å²) in [6, 6.07) is 12.2. The quantitative estimate of drug-likeness (QED) is 0.803. The summed E-state index contributed by atoms with van der Waals surface area (Å²) >= 11 is 0. The molecule has 110 valence electrons. The zero-order valence-corrected chi connectivity index (χ0v) is 11.4. The second-order valence-corrected chi connectivity index (χ2v) is 4.58. The summed E-state index contributed by atoms with van der Waals surface area (Å²) in [5.41, 5.74) is 1.12. The Morgan fingerprint density at radius 1 is 1.00 bits per heavy atom. The molecule has 2 aromatic rings. The second kappa shape index (κ2) is 7.50. The minimum Gasteiger partial charge on any atom is -0.324 e. The van der Waals surface area contributed by atoms with Crippen LogP contribution in [-0.4, -0.2) is 12.5 Å². The van der Waals surface area contributed by atoms with Gasteiger partial charge in [0.1, 0.15) is 11.6 Å². The fourth-order valence-corrected chi connectivity index (χ4v) is 1.81. The lowest BCUT2D eigenvalue weighted by molar-refractivity contribution is -0.116. The molecule has 0 unspecified atom stereocenters. The number of carbonyl (C=O) groups excluding carboxylic acids is 1. The van der Waals surface area contributed by atoms with Crippen molar-refractivity contribution < 1.29 is 13.6 Å². The molecule has 0 fully saturated rings. The number of anilines is 1. The van der Waals surface area contributed by atoms with E-state index >= 15 is 0 Å². The number of rotatable bonds is 6. The molecule has 0 bridgehead atoms. The SMILES string of the molecule is O=C(CCNCc1ccc(F)cc1)Nc1ccccc1F. The molecule has 2 aromatic carbocycles. The van der Waals surface area contributed by atoms with Gasteiger partial charge in [0, 0.05) is 19.5 Å². The van der Waals surface area contributed by atoms with Crippen molar-refractivity contribution in [2.24, 2.45) is 0 Å². The Kier molecular flexibility index (Phi) is 5.40. The summed E-state index contributed by atoms with van der Waals surface area (Å²) in [4.78, 5) is 11.7. The number of benzene rings is 2. The highest BCUT2D eigenvalue weighted by Crippen LogP contribution is 2.12. The van der Waals surface area contributed by atoms with E-state index in [1.54, 1.807) is 24.3 Å². The molecule has 0 aliphatic rings. The first-order chi connectivity index (χ1) is 10.1. The van der Waals surface area contributed by atoms with Crippen LogP contribution in [0.5, 0.6) is 0 Å². The topological polar surface area (TPSA) is 41.1 Å². The van der Waals surface area contributed by atoms with Crippen molar-refractivity contribution in [1.29, 1.82) is 0 Å². The molecule has 0 heterocycles. The highest BCUT2D eigenvalue weighted by molar-refractivity contribution is 5.90. The Morgan fingerprint density at radius 3 is 2.43 bits per heavy atom. The van der Waals surface area contributed by atoms with E-state index < -0.39 is 5.82 Å². The van der Waals surface area contributed by atoms with Crippen LogP contribution in [0.25, 0.3) is 0 Å². The van der Waals surface area contributed by atoms with Crippen molar-refractivity contribution >= 4 is 11.6 Å². The average molecular weight is 290 g/mol. The zero-order chi connectivity index (χ0) is 15.1. The van der Waals surface area contributed by atoms with Crippen LogP contribution >= 0.6 is 0 Å². The van der Waals surface area contributed by atoms with Crippen LogP contribution in [0.3, 0.4) is 0 Å². The molecule has 0 atom stereocenters. The van der Waals surface area contributed by atoms with Crippen molar-refractivity contribution in [3.8, 4) is 0 Å². The number of hydrogen-bond donors (Lipinski definition) is 2. The van der Waals surface area contributed by atoms with Crippen LogP contribution in [-0.2, 0) is 11.3 Å². The maximum atomic E-state index is 13.3. The Balaban J connectivity index is 1.70. The predicted molar refractivity (Wildman–Crippen MR) is 77.8 cm³/mol. The highest BCUT2D eigenvalue weighted by atomic mass is 19.1. The summed E-state index contributed by atoms with van der Waals surface area (Å²) in [6.45, 7) is 1.00. The van der Waals surface area contributed by atoms with E-state index in [4.69, 9.17) is 0 Å². The lowest BCUT2D eigenvalue weighted by Gasteiger charge is -2.07. The molecule has 2 rings (SSSR count). The van der Waals surface area contributed by atoms with Crippen molar-refractivity contribution in [1.82, 2.24) is 5.32 Å². The Morgan fingerprint density at radius 2 is 1.71 bits per heavy atom. The smallest absolute Gasteiger partial charge is 0.225 e. The second-order valence-electron chi connectivity index (χ2n) is 4.58. The van der Waals surface area contributed by atoms with Gasteiger partial charge in [0.05, 0.1) is 5.69 Å². The van der Waals surface area contributed by atoms with Gasteiger partial charge < -0.3 is 10.6 Å². The van der Waals surface area contributed by atoms with Crippen LogP contribution in [0.2, 0.25) is 0 Å². The van der Waals surface area contributed by atoms with Crippen LogP contribution in [0.4, 0.5) is 14.5 Å². The third-order valence-electron chi connectivity index (χ3n) is 2.92. The fourth-order valence-electron chi connectivity index (χ4n) is 1.81. The van der Waals surface area contributed by atoms with Gasteiger partial charge in [0.15, 0.2) is 0 Å². The van der Waals surface area contributed by atoms with Gasteiger partial charge in [0.2, 0.25) is 5.91 Å². The van der Waals surface area contributed by atoms with Crippen molar-refractivity contribution in [3.05, 3.63) is 65.7 Å². The van der Waals surface area contributed by atoms with Crippen molar-refractivity contribution in [2.75, 3.05) is 11.9 Å². The predicted octanol–water partition coefficient (Wildman–Crippen LogP) is 3.08. The molecule has 0 aromatic heterocycles. The van der Waals surface area contributed by atoms with Gasteiger partial charge in [-0.3, -0.25) is 4.79 Å². The molecule has 0 saturated heterocycles. The van der Waals surface area contributed by atoms with Crippen LogP contribution in [0.15, 0.2) is 48.5 Å². The van der Waals surface area contributed by atoms with E-state index in [0.29, 0.717) is 13.1 Å². The minimum atomic E-state index is -0.454. The van der Waals surface area contributed by atoms with Gasteiger partial charge in [0.25, 0.3) is 0 Å². The first kappa shape index (κ1) is 15.1. The molecule has 21 heavy (non-hydrogen) atoms. The standard InChI is InChI=1S/C16H16F2N2O/c17-13-7-5-12(6-8-13)11-19-10-9-16(21)20-15-4-2-1-3-14(15)18/h1-8,19H,9-11H2,(H,20,21). The molecule has 0 radical (unpaired) electrons. The fraction of sp³-hybridized carbons (Fsp3) is 0.188. The van der Waals surface area contributed by atoms with Crippen LogP contribution in [0, 0.1) is 11.6 Å². The number of carbonyl (C=O) groups is 1. The molecule has 1 amide bonds. The Bertz CT molecular complexity index is 599. The van der Waals surface area contributed by atoms with Gasteiger partial charge in [-0.15, -0.1) is 0 Å². The largest absolute Gasteiger partial charge is 0.324 e. The van der Waals surface area contributed by atoms with Gasteiger partial charge in [-0.05, 0) is 29.8 Å². The monoisotopic (exact) mass is 290 g/mol. The maximum Gasteiger partial charge on any atom is 0.225 e. The molecule has 0 spiro atoms. The minimum absolute atomic E-state index is 0.182. The number of nitrogens with one attached hydrogen (secondary N) is 2. The van der Waals surface area contributed by atoms with Gasteiger partial charge in [-0.1, -0.05) is 24.3 Å². The van der Waals surface area contributed by atoms with Gasteiger partial charge in [-0.2, -0.15) is 0 Å². The van der Waals surface area contributed by atoms with E-state index in [2.05, 4.69) is 10.6 Å². The molecule has 3 nitrogen and oxygen atoms in total. The lowest BCUT2D eigenvalue weighted by Crippen LogP contribution is -2.21. The molecule has 5 heteroatoms. The summed E-state index contributed by atoms with van der Waals surface area (Å²) in [5, 5.41) is 5.59. The van der Waals surface area contributed by atoms with Gasteiger partial charge in [-0.25, -0.2) is 8.78 Å². The van der Waals surface area contributed by atoms with Gasteiger partial charge >= 0.3 is 0 Å². The third-order valence-corrected chi connectivity index (χ3v) is 2.92. The molecule has 0 aliphatic carbocycles. The summed E-state index contributed by atoms with van der Waals surface area (Å²) in [6.07, 6.45) is 0.232. The van der Waals surface area contributed by atoms with Crippen molar-refractivity contribution in [2.45, 2.75) is 13.0 Å². The van der Waals surface area contributed by atoms with E-state index in [-0.39, 0.29) is 23.8 Å². The van der Waals surface area contributed by atoms with E-state index in [0.717, 1.165) is 5.56 Å². The number of halogens is 2. The normalized spacial score (nSPS) is 10.4. The highest BCUT2D eigenvalue weighted by Gasteiger charge is 2.05. The number of amides is 1. The van der Waals surface area contributed by atoms with Crippen LogP contribution in [0.1, 0.15) is 12.0 Å². The van der Waals surface area contributed by atoms with E-state index in [9.17, 15) is 13.6 Å². The number of para-hydroxylation sites is 1. The van der Waals surface area contributed by atoms with Crippen molar-refractivity contribution in [3.63, 3.8) is 0 Å². The first-order valence-corrected chi connectivity index (χ1v) is 6.65. The summed E-state index contributed by atoms with van der Waals surface area (Å²) in [5.74, 6) is -0.986. The zero-order valence-electron chi connectivity index (χ0n) is 11.4.